The zero-order chi connectivity index (χ0) is 15.2. The summed E-state index contributed by atoms with van der Waals surface area (Å²) in [4.78, 5) is 0. The lowest BCUT2D eigenvalue weighted by Crippen LogP contribution is -2.01. The van der Waals surface area contributed by atoms with E-state index in [4.69, 9.17) is 4.74 Å². The van der Waals surface area contributed by atoms with E-state index in [-0.39, 0.29) is 0 Å². The smallest absolute Gasteiger partial charge is 0.119 e. The Kier molecular flexibility index (Phi) is 4.40. The number of ether oxygens (including phenoxy) is 1. The van der Waals surface area contributed by atoms with E-state index < -0.39 is 0 Å². The number of anilines is 1. The third-order valence-corrected chi connectivity index (χ3v) is 3.64. The molecule has 0 heterocycles. The van der Waals surface area contributed by atoms with Crippen LogP contribution < -0.4 is 10.1 Å². The van der Waals surface area contributed by atoms with Gasteiger partial charge < -0.3 is 10.1 Å². The first-order valence-corrected chi connectivity index (χ1v) is 7.38. The molecule has 22 heavy (non-hydrogen) atoms. The molecule has 0 unspecified atom stereocenters. The molecule has 0 fully saturated rings. The SMILES string of the molecule is COc1ccc(NCc2ccccc2)c(-c2ccccc2)c1. The topological polar surface area (TPSA) is 21.3 Å². The Bertz CT molecular complexity index is 723. The molecular weight excluding hydrogens is 270 g/mol. The van der Waals surface area contributed by atoms with Crippen LogP contribution in [-0.2, 0) is 6.54 Å². The zero-order valence-corrected chi connectivity index (χ0v) is 12.6. The molecule has 0 aliphatic heterocycles. The van der Waals surface area contributed by atoms with Gasteiger partial charge in [0.2, 0.25) is 0 Å². The number of rotatable bonds is 5. The number of methoxy groups -OCH3 is 1. The second-order valence-corrected chi connectivity index (χ2v) is 5.12. The molecule has 0 atom stereocenters. The van der Waals surface area contributed by atoms with Gasteiger partial charge in [0, 0.05) is 17.8 Å². The summed E-state index contributed by atoms with van der Waals surface area (Å²) in [5.74, 6) is 0.865. The molecule has 1 N–H and O–H groups in total. The van der Waals surface area contributed by atoms with Crippen LogP contribution in [0.2, 0.25) is 0 Å². The molecule has 0 bridgehead atoms. The Balaban J connectivity index is 1.90. The van der Waals surface area contributed by atoms with E-state index in [1.54, 1.807) is 7.11 Å². The van der Waals surface area contributed by atoms with Gasteiger partial charge >= 0.3 is 0 Å². The summed E-state index contributed by atoms with van der Waals surface area (Å²) < 4.78 is 5.37. The summed E-state index contributed by atoms with van der Waals surface area (Å²) in [6, 6.07) is 26.9. The van der Waals surface area contributed by atoms with E-state index in [0.29, 0.717) is 0 Å². The molecule has 0 aliphatic carbocycles. The lowest BCUT2D eigenvalue weighted by atomic mass is 10.0. The Labute approximate surface area is 131 Å². The van der Waals surface area contributed by atoms with Crippen molar-refractivity contribution < 1.29 is 4.74 Å². The van der Waals surface area contributed by atoms with Crippen LogP contribution in [0.3, 0.4) is 0 Å². The third-order valence-electron chi connectivity index (χ3n) is 3.64. The van der Waals surface area contributed by atoms with Gasteiger partial charge in [0.25, 0.3) is 0 Å². The molecule has 0 amide bonds. The largest absolute Gasteiger partial charge is 0.497 e. The van der Waals surface area contributed by atoms with Crippen molar-refractivity contribution in [3.63, 3.8) is 0 Å². The lowest BCUT2D eigenvalue weighted by Gasteiger charge is -2.14. The van der Waals surface area contributed by atoms with Crippen molar-refractivity contribution in [2.75, 3.05) is 12.4 Å². The van der Waals surface area contributed by atoms with E-state index >= 15 is 0 Å². The van der Waals surface area contributed by atoms with Gasteiger partial charge in [-0.3, -0.25) is 0 Å². The predicted molar refractivity (Wildman–Crippen MR) is 92.2 cm³/mol. The summed E-state index contributed by atoms with van der Waals surface area (Å²) >= 11 is 0. The van der Waals surface area contributed by atoms with E-state index in [2.05, 4.69) is 66.0 Å². The Morgan fingerprint density at radius 2 is 1.50 bits per heavy atom. The molecule has 0 radical (unpaired) electrons. The van der Waals surface area contributed by atoms with Crippen LogP contribution in [0, 0.1) is 0 Å². The monoisotopic (exact) mass is 289 g/mol. The third kappa shape index (κ3) is 3.29. The van der Waals surface area contributed by atoms with Crippen LogP contribution in [0.4, 0.5) is 5.69 Å². The van der Waals surface area contributed by atoms with E-state index in [1.807, 2.05) is 18.2 Å². The van der Waals surface area contributed by atoms with Crippen molar-refractivity contribution in [1.82, 2.24) is 0 Å². The summed E-state index contributed by atoms with van der Waals surface area (Å²) in [5, 5.41) is 3.52. The fraction of sp³-hybridized carbons (Fsp3) is 0.100. The Morgan fingerprint density at radius 3 is 2.18 bits per heavy atom. The summed E-state index contributed by atoms with van der Waals surface area (Å²) in [5.41, 5.74) is 4.70. The fourth-order valence-electron chi connectivity index (χ4n) is 2.45. The molecule has 3 aromatic rings. The maximum atomic E-state index is 5.37. The first kappa shape index (κ1) is 14.2. The molecule has 0 saturated heterocycles. The maximum absolute atomic E-state index is 5.37. The van der Waals surface area contributed by atoms with Crippen LogP contribution in [0.25, 0.3) is 11.1 Å². The maximum Gasteiger partial charge on any atom is 0.119 e. The normalized spacial score (nSPS) is 10.2. The molecule has 2 heteroatoms. The fourth-order valence-corrected chi connectivity index (χ4v) is 2.45. The van der Waals surface area contributed by atoms with Gasteiger partial charge in [-0.05, 0) is 29.3 Å². The minimum Gasteiger partial charge on any atom is -0.497 e. The van der Waals surface area contributed by atoms with Crippen molar-refractivity contribution in [3.05, 3.63) is 84.4 Å². The highest BCUT2D eigenvalue weighted by Gasteiger charge is 2.06. The second kappa shape index (κ2) is 6.81. The number of hydrogen-bond donors (Lipinski definition) is 1. The van der Waals surface area contributed by atoms with Crippen LogP contribution in [0.5, 0.6) is 5.75 Å². The molecule has 3 aromatic carbocycles. The zero-order valence-electron chi connectivity index (χ0n) is 12.6. The van der Waals surface area contributed by atoms with E-state index in [9.17, 15) is 0 Å². The first-order valence-electron chi connectivity index (χ1n) is 7.38. The van der Waals surface area contributed by atoms with Crippen LogP contribution in [0.1, 0.15) is 5.56 Å². The van der Waals surface area contributed by atoms with Crippen molar-refractivity contribution in [2.45, 2.75) is 6.54 Å². The van der Waals surface area contributed by atoms with Gasteiger partial charge in [0.05, 0.1) is 7.11 Å². The molecule has 0 aromatic heterocycles. The second-order valence-electron chi connectivity index (χ2n) is 5.12. The summed E-state index contributed by atoms with van der Waals surface area (Å²) in [6.45, 7) is 0.799. The van der Waals surface area contributed by atoms with Crippen LogP contribution in [0.15, 0.2) is 78.9 Å². The minimum atomic E-state index is 0.799. The van der Waals surface area contributed by atoms with Crippen molar-refractivity contribution in [1.29, 1.82) is 0 Å². The Hall–Kier alpha value is -2.74. The summed E-state index contributed by atoms with van der Waals surface area (Å²) in [6.07, 6.45) is 0. The van der Waals surface area contributed by atoms with E-state index in [0.717, 1.165) is 23.5 Å². The molecular formula is C20H19NO. The Morgan fingerprint density at radius 1 is 0.818 bits per heavy atom. The van der Waals surface area contributed by atoms with Gasteiger partial charge in [-0.2, -0.15) is 0 Å². The highest BCUT2D eigenvalue weighted by molar-refractivity contribution is 5.79. The molecule has 0 spiro atoms. The molecule has 110 valence electrons. The van der Waals surface area contributed by atoms with Gasteiger partial charge in [-0.1, -0.05) is 60.7 Å². The van der Waals surface area contributed by atoms with Crippen LogP contribution >= 0.6 is 0 Å². The number of nitrogens with one attached hydrogen (secondary N) is 1. The lowest BCUT2D eigenvalue weighted by molar-refractivity contribution is 0.415. The predicted octanol–water partition coefficient (Wildman–Crippen LogP) is 4.97. The van der Waals surface area contributed by atoms with Gasteiger partial charge in [-0.25, -0.2) is 0 Å². The van der Waals surface area contributed by atoms with E-state index in [1.165, 1.54) is 11.1 Å². The van der Waals surface area contributed by atoms with Crippen molar-refractivity contribution in [2.24, 2.45) is 0 Å². The van der Waals surface area contributed by atoms with Gasteiger partial charge in [0.15, 0.2) is 0 Å². The van der Waals surface area contributed by atoms with Crippen LogP contribution in [-0.4, -0.2) is 7.11 Å². The average Bonchev–Trinajstić information content (AvgIpc) is 2.61. The minimum absolute atomic E-state index is 0.799. The van der Waals surface area contributed by atoms with Crippen molar-refractivity contribution >= 4 is 5.69 Å². The highest BCUT2D eigenvalue weighted by Crippen LogP contribution is 2.32. The standard InChI is InChI=1S/C20H19NO/c1-22-18-12-13-20(21-15-16-8-4-2-5-9-16)19(14-18)17-10-6-3-7-11-17/h2-14,21H,15H2,1H3. The number of benzene rings is 3. The summed E-state index contributed by atoms with van der Waals surface area (Å²) in [7, 11) is 1.70. The molecule has 2 nitrogen and oxygen atoms in total. The molecule has 3 rings (SSSR count). The first-order chi connectivity index (χ1) is 10.9. The molecule has 0 aliphatic rings. The highest BCUT2D eigenvalue weighted by atomic mass is 16.5. The molecule has 0 saturated carbocycles. The van der Waals surface area contributed by atoms with Gasteiger partial charge in [-0.15, -0.1) is 0 Å². The number of hydrogen-bond acceptors (Lipinski definition) is 2. The quantitative estimate of drug-likeness (QED) is 0.715. The van der Waals surface area contributed by atoms with Gasteiger partial charge in [0.1, 0.15) is 5.75 Å². The average molecular weight is 289 g/mol. The van der Waals surface area contributed by atoms with Crippen molar-refractivity contribution in [3.8, 4) is 16.9 Å².